The number of aromatic nitrogens is 5. The predicted octanol–water partition coefficient (Wildman–Crippen LogP) is 4.11. The first-order valence-corrected chi connectivity index (χ1v) is 11.4. The third-order valence-electron chi connectivity index (χ3n) is 5.44. The number of rotatable bonds is 6. The van der Waals surface area contributed by atoms with Crippen LogP contribution in [0.4, 0.5) is 8.78 Å². The summed E-state index contributed by atoms with van der Waals surface area (Å²) in [7, 11) is 5.89. The molecule has 0 amide bonds. The number of aryl methyl sites for hydroxylation is 2. The van der Waals surface area contributed by atoms with E-state index in [-0.39, 0.29) is 22.3 Å². The van der Waals surface area contributed by atoms with Crippen LogP contribution in [0.3, 0.4) is 0 Å². The highest BCUT2D eigenvalue weighted by molar-refractivity contribution is 6.31. The first kappa shape index (κ1) is 26.4. The molecule has 0 bridgehead atoms. The lowest BCUT2D eigenvalue weighted by Crippen LogP contribution is -2.23. The summed E-state index contributed by atoms with van der Waals surface area (Å²) in [5.74, 6) is -1.73. The van der Waals surface area contributed by atoms with Crippen LogP contribution >= 0.6 is 11.6 Å². The second-order valence-electron chi connectivity index (χ2n) is 8.84. The van der Waals surface area contributed by atoms with Crippen molar-refractivity contribution in [1.29, 1.82) is 0 Å². The zero-order chi connectivity index (χ0) is 27.1. The Morgan fingerprint density at radius 1 is 1.11 bits per heavy atom. The standard InChI is InChI=1S/C25H21BClF2N5O3/c1-12-10-31-17(16-5-6-30-24(33-16)25(3,4)36)9-18(12)34-13(2)7-19(20(27)23(34)35)37-22(26)21-15(29)8-14(28)11-32-21/h5-11,22,36H,1-4H3/t22-/m0/s1. The summed E-state index contributed by atoms with van der Waals surface area (Å²) < 4.78 is 34.2. The maximum atomic E-state index is 14.1. The van der Waals surface area contributed by atoms with Gasteiger partial charge in [0, 0.05) is 30.2 Å². The minimum absolute atomic E-state index is 0.0870. The Kier molecular flexibility index (Phi) is 7.12. The van der Waals surface area contributed by atoms with Gasteiger partial charge in [-0.15, -0.1) is 0 Å². The summed E-state index contributed by atoms with van der Waals surface area (Å²) in [6, 6.07) is 3.97. The Labute approximate surface area is 217 Å². The van der Waals surface area contributed by atoms with Gasteiger partial charge in [-0.1, -0.05) is 11.6 Å². The zero-order valence-corrected chi connectivity index (χ0v) is 21.1. The van der Waals surface area contributed by atoms with Gasteiger partial charge in [-0.3, -0.25) is 19.3 Å². The lowest BCUT2D eigenvalue weighted by molar-refractivity contribution is 0.0688. The second-order valence-corrected chi connectivity index (χ2v) is 9.22. The SMILES string of the molecule is [B][C@@H](Oc1cc(C)n(-c2cc(-c3ccnc(C(C)(C)O)n3)ncc2C)c(=O)c1Cl)c1ncc(F)cc1F. The molecule has 0 aliphatic carbocycles. The van der Waals surface area contributed by atoms with Gasteiger partial charge in [0.15, 0.2) is 11.6 Å². The largest absolute Gasteiger partial charge is 0.492 e. The highest BCUT2D eigenvalue weighted by Gasteiger charge is 2.22. The van der Waals surface area contributed by atoms with E-state index in [1.807, 2.05) is 0 Å². The number of hydrogen-bond acceptors (Lipinski definition) is 7. The molecule has 4 aromatic heterocycles. The molecule has 0 spiro atoms. The average molecular weight is 524 g/mol. The third-order valence-corrected chi connectivity index (χ3v) is 5.79. The molecule has 0 aromatic carbocycles. The Morgan fingerprint density at radius 2 is 1.84 bits per heavy atom. The van der Waals surface area contributed by atoms with Crippen LogP contribution in [0.2, 0.25) is 5.02 Å². The summed E-state index contributed by atoms with van der Waals surface area (Å²) in [5, 5.41) is 9.96. The number of aliphatic hydroxyl groups is 1. The lowest BCUT2D eigenvalue weighted by atomic mass is 9.95. The van der Waals surface area contributed by atoms with Gasteiger partial charge >= 0.3 is 0 Å². The van der Waals surface area contributed by atoms with Gasteiger partial charge in [-0.25, -0.2) is 18.7 Å². The molecule has 0 fully saturated rings. The molecule has 0 unspecified atom stereocenters. The molecule has 2 radical (unpaired) electrons. The molecule has 37 heavy (non-hydrogen) atoms. The fourth-order valence-corrected chi connectivity index (χ4v) is 3.77. The van der Waals surface area contributed by atoms with E-state index in [2.05, 4.69) is 19.9 Å². The molecule has 1 N–H and O–H groups in total. The van der Waals surface area contributed by atoms with Crippen LogP contribution in [-0.4, -0.2) is 37.5 Å². The van der Waals surface area contributed by atoms with Crippen LogP contribution in [0.15, 0.2) is 47.7 Å². The van der Waals surface area contributed by atoms with Crippen LogP contribution in [-0.2, 0) is 5.60 Å². The van der Waals surface area contributed by atoms with Gasteiger partial charge in [0.25, 0.3) is 5.56 Å². The van der Waals surface area contributed by atoms with Crippen LogP contribution < -0.4 is 10.3 Å². The smallest absolute Gasteiger partial charge is 0.277 e. The van der Waals surface area contributed by atoms with Crippen molar-refractivity contribution in [2.75, 3.05) is 0 Å². The van der Waals surface area contributed by atoms with Crippen molar-refractivity contribution >= 4 is 19.4 Å². The molecule has 8 nitrogen and oxygen atoms in total. The maximum absolute atomic E-state index is 14.1. The fourth-order valence-electron chi connectivity index (χ4n) is 3.58. The Hall–Kier alpha value is -3.70. The molecule has 4 rings (SSSR count). The fraction of sp³-hybridized carbons (Fsp3) is 0.240. The molecule has 0 aliphatic rings. The van der Waals surface area contributed by atoms with E-state index in [9.17, 15) is 18.7 Å². The van der Waals surface area contributed by atoms with Crippen LogP contribution in [0.1, 0.15) is 42.6 Å². The molecule has 0 aliphatic heterocycles. The average Bonchev–Trinajstić information content (AvgIpc) is 2.83. The van der Waals surface area contributed by atoms with Crippen molar-refractivity contribution < 1.29 is 18.6 Å². The minimum Gasteiger partial charge on any atom is -0.492 e. The van der Waals surface area contributed by atoms with Gasteiger partial charge in [0.05, 0.1) is 29.3 Å². The van der Waals surface area contributed by atoms with Crippen molar-refractivity contribution in [3.63, 3.8) is 0 Å². The summed E-state index contributed by atoms with van der Waals surface area (Å²) in [5.41, 5.74) is 0.267. The van der Waals surface area contributed by atoms with Gasteiger partial charge in [-0.05, 0) is 45.4 Å². The predicted molar refractivity (Wildman–Crippen MR) is 134 cm³/mol. The molecule has 4 aromatic rings. The molecule has 12 heteroatoms. The summed E-state index contributed by atoms with van der Waals surface area (Å²) in [4.78, 5) is 29.9. The lowest BCUT2D eigenvalue weighted by Gasteiger charge is -2.20. The van der Waals surface area contributed by atoms with Crippen LogP contribution in [0.5, 0.6) is 5.75 Å². The van der Waals surface area contributed by atoms with Gasteiger partial charge in [-0.2, -0.15) is 0 Å². The third kappa shape index (κ3) is 5.37. The van der Waals surface area contributed by atoms with Gasteiger partial charge in [0.1, 0.15) is 35.7 Å². The molecule has 1 atom stereocenters. The summed E-state index contributed by atoms with van der Waals surface area (Å²) in [6.07, 6.45) is 3.90. The Balaban J connectivity index is 1.75. The monoisotopic (exact) mass is 523 g/mol. The van der Waals surface area contributed by atoms with Crippen molar-refractivity contribution in [2.45, 2.75) is 39.3 Å². The normalized spacial score (nSPS) is 12.4. The van der Waals surface area contributed by atoms with E-state index < -0.39 is 28.8 Å². The highest BCUT2D eigenvalue weighted by atomic mass is 35.5. The number of pyridine rings is 3. The number of ether oxygens (including phenoxy) is 1. The van der Waals surface area contributed by atoms with Crippen molar-refractivity contribution in [1.82, 2.24) is 24.5 Å². The Morgan fingerprint density at radius 3 is 2.51 bits per heavy atom. The van der Waals surface area contributed by atoms with Gasteiger partial charge < -0.3 is 9.84 Å². The number of hydrogen-bond donors (Lipinski definition) is 1. The quantitative estimate of drug-likeness (QED) is 0.380. The first-order valence-electron chi connectivity index (χ1n) is 11.1. The van der Waals surface area contributed by atoms with E-state index in [0.29, 0.717) is 34.4 Å². The highest BCUT2D eigenvalue weighted by Crippen LogP contribution is 2.29. The van der Waals surface area contributed by atoms with Gasteiger partial charge in [0.2, 0.25) is 0 Å². The van der Waals surface area contributed by atoms with Crippen LogP contribution in [0.25, 0.3) is 17.1 Å². The zero-order valence-electron chi connectivity index (χ0n) is 20.3. The van der Waals surface area contributed by atoms with E-state index in [0.717, 1.165) is 6.20 Å². The van der Waals surface area contributed by atoms with E-state index in [4.69, 9.17) is 24.2 Å². The number of nitrogens with zero attached hydrogens (tertiary/aromatic N) is 5. The molecule has 0 saturated carbocycles. The molecule has 4 heterocycles. The van der Waals surface area contributed by atoms with Crippen molar-refractivity contribution in [2.24, 2.45) is 0 Å². The summed E-state index contributed by atoms with van der Waals surface area (Å²) in [6.45, 7) is 6.57. The topological polar surface area (TPSA) is 103 Å². The molecule has 0 saturated heterocycles. The molecule has 188 valence electrons. The minimum atomic E-state index is -1.44. The van der Waals surface area contributed by atoms with Crippen LogP contribution in [0, 0.1) is 25.5 Å². The van der Waals surface area contributed by atoms with E-state index in [1.54, 1.807) is 46.0 Å². The molecular weight excluding hydrogens is 503 g/mol. The number of halogens is 3. The maximum Gasteiger partial charge on any atom is 0.277 e. The summed E-state index contributed by atoms with van der Waals surface area (Å²) >= 11 is 6.34. The first-order chi connectivity index (χ1) is 17.4. The van der Waals surface area contributed by atoms with E-state index >= 15 is 0 Å². The second kappa shape index (κ2) is 9.99. The molecular formula is C25H21BClF2N5O3. The van der Waals surface area contributed by atoms with Crippen molar-refractivity contribution in [3.8, 4) is 22.8 Å². The van der Waals surface area contributed by atoms with Crippen molar-refractivity contribution in [3.05, 3.63) is 92.6 Å². The van der Waals surface area contributed by atoms with E-state index in [1.165, 1.54) is 16.8 Å². The Bertz CT molecular complexity index is 1560.